The highest BCUT2D eigenvalue weighted by Crippen LogP contribution is 2.13. The number of hydrogen-bond acceptors (Lipinski definition) is 2. The van der Waals surface area contributed by atoms with E-state index < -0.39 is 0 Å². The topological polar surface area (TPSA) is 29.9 Å². The van der Waals surface area contributed by atoms with Gasteiger partial charge in [-0.1, -0.05) is 20.3 Å². The Morgan fingerprint density at radius 3 is 2.62 bits per heavy atom. The van der Waals surface area contributed by atoms with Gasteiger partial charge in [0.15, 0.2) is 0 Å². The summed E-state index contributed by atoms with van der Waals surface area (Å²) in [6.07, 6.45) is 5.31. The van der Waals surface area contributed by atoms with Crippen LogP contribution in [0.25, 0.3) is 0 Å². The highest BCUT2D eigenvalue weighted by atomic mass is 15.3. The average molecular weight is 223 g/mol. The monoisotopic (exact) mass is 223 g/mol. The Morgan fingerprint density at radius 1 is 1.44 bits per heavy atom. The second kappa shape index (κ2) is 5.48. The van der Waals surface area contributed by atoms with Gasteiger partial charge >= 0.3 is 0 Å². The van der Waals surface area contributed by atoms with Crippen LogP contribution in [0.2, 0.25) is 0 Å². The summed E-state index contributed by atoms with van der Waals surface area (Å²) in [7, 11) is 0. The quantitative estimate of drug-likeness (QED) is 0.832. The van der Waals surface area contributed by atoms with Gasteiger partial charge in [0.1, 0.15) is 0 Å². The molecule has 1 atom stereocenters. The second-order valence-corrected chi connectivity index (χ2v) is 5.61. The Balaban J connectivity index is 2.41. The van der Waals surface area contributed by atoms with Crippen LogP contribution in [0.5, 0.6) is 0 Å². The van der Waals surface area contributed by atoms with E-state index in [9.17, 15) is 0 Å². The predicted molar refractivity (Wildman–Crippen MR) is 68.4 cm³/mol. The van der Waals surface area contributed by atoms with Crippen LogP contribution in [0.1, 0.15) is 46.6 Å². The van der Waals surface area contributed by atoms with Crippen LogP contribution in [0.15, 0.2) is 12.4 Å². The van der Waals surface area contributed by atoms with Gasteiger partial charge in [0.05, 0.1) is 11.7 Å². The van der Waals surface area contributed by atoms with E-state index in [4.69, 9.17) is 0 Å². The maximum absolute atomic E-state index is 4.38. The Labute approximate surface area is 99.2 Å². The van der Waals surface area contributed by atoms with Gasteiger partial charge in [-0.3, -0.25) is 4.68 Å². The van der Waals surface area contributed by atoms with Crippen molar-refractivity contribution < 1.29 is 0 Å². The second-order valence-electron chi connectivity index (χ2n) is 5.61. The molecule has 3 heteroatoms. The lowest BCUT2D eigenvalue weighted by Crippen LogP contribution is -2.22. The molecule has 0 aromatic carbocycles. The van der Waals surface area contributed by atoms with E-state index in [1.54, 1.807) is 0 Å². The van der Waals surface area contributed by atoms with Crippen molar-refractivity contribution >= 4 is 0 Å². The van der Waals surface area contributed by atoms with Gasteiger partial charge in [-0.2, -0.15) is 5.10 Å². The first-order chi connectivity index (χ1) is 7.43. The zero-order chi connectivity index (χ0) is 12.2. The van der Waals surface area contributed by atoms with E-state index in [1.165, 1.54) is 12.0 Å². The molecule has 1 rings (SSSR count). The van der Waals surface area contributed by atoms with Gasteiger partial charge in [-0.05, 0) is 33.2 Å². The van der Waals surface area contributed by atoms with E-state index in [-0.39, 0.29) is 5.54 Å². The number of nitrogens with zero attached hydrogens (tertiary/aromatic N) is 2. The molecule has 0 fully saturated rings. The number of nitrogens with one attached hydrogen (secondary N) is 1. The first-order valence-corrected chi connectivity index (χ1v) is 6.18. The normalized spacial score (nSPS) is 14.1. The van der Waals surface area contributed by atoms with Crippen LogP contribution in [0.4, 0.5) is 0 Å². The molecule has 0 amide bonds. The summed E-state index contributed by atoms with van der Waals surface area (Å²) in [5.41, 5.74) is 1.34. The number of rotatable bonds is 5. The Kier molecular flexibility index (Phi) is 4.54. The molecule has 0 saturated heterocycles. The molecule has 0 bridgehead atoms. The van der Waals surface area contributed by atoms with Crippen molar-refractivity contribution in [3.8, 4) is 0 Å². The van der Waals surface area contributed by atoms with Gasteiger partial charge in [0, 0.05) is 18.3 Å². The maximum atomic E-state index is 4.38. The van der Waals surface area contributed by atoms with Gasteiger partial charge in [0.25, 0.3) is 0 Å². The summed E-state index contributed by atoms with van der Waals surface area (Å²) in [4.78, 5) is 0. The number of hydrogen-bond donors (Lipinski definition) is 1. The molecule has 0 saturated carbocycles. The van der Waals surface area contributed by atoms with E-state index >= 15 is 0 Å². The van der Waals surface area contributed by atoms with Crippen molar-refractivity contribution in [3.63, 3.8) is 0 Å². The molecule has 0 aliphatic heterocycles. The molecule has 0 spiro atoms. The number of aromatic nitrogens is 2. The molecule has 0 radical (unpaired) electrons. The van der Waals surface area contributed by atoms with Crippen molar-refractivity contribution in [2.24, 2.45) is 5.92 Å². The third-order valence-electron chi connectivity index (χ3n) is 2.84. The van der Waals surface area contributed by atoms with Gasteiger partial charge in [0.2, 0.25) is 0 Å². The molecule has 1 aromatic rings. The van der Waals surface area contributed by atoms with Crippen LogP contribution in [0, 0.1) is 5.92 Å². The van der Waals surface area contributed by atoms with Crippen molar-refractivity contribution in [3.05, 3.63) is 18.0 Å². The maximum Gasteiger partial charge on any atom is 0.0543 e. The molecule has 1 unspecified atom stereocenters. The first-order valence-electron chi connectivity index (χ1n) is 6.18. The zero-order valence-electron chi connectivity index (χ0n) is 11.2. The van der Waals surface area contributed by atoms with Crippen LogP contribution >= 0.6 is 0 Å². The van der Waals surface area contributed by atoms with Crippen molar-refractivity contribution in [1.82, 2.24) is 15.1 Å². The van der Waals surface area contributed by atoms with Crippen molar-refractivity contribution in [1.29, 1.82) is 0 Å². The third kappa shape index (κ3) is 3.97. The van der Waals surface area contributed by atoms with E-state index in [0.29, 0.717) is 0 Å². The molecule has 1 N–H and O–H groups in total. The lowest BCUT2D eigenvalue weighted by Gasteiger charge is -2.18. The van der Waals surface area contributed by atoms with Crippen LogP contribution in [-0.2, 0) is 12.1 Å². The standard InChI is InChI=1S/C13H25N3/c1-6-11(2)7-14-8-12-9-15-16(10-12)13(3,4)5/h9-11,14H,6-8H2,1-5H3. The Morgan fingerprint density at radius 2 is 2.12 bits per heavy atom. The Hall–Kier alpha value is -0.830. The summed E-state index contributed by atoms with van der Waals surface area (Å²) in [6, 6.07) is 0. The minimum absolute atomic E-state index is 0.0783. The van der Waals surface area contributed by atoms with Crippen molar-refractivity contribution in [2.75, 3.05) is 6.54 Å². The van der Waals surface area contributed by atoms with Gasteiger partial charge in [-0.25, -0.2) is 0 Å². The smallest absolute Gasteiger partial charge is 0.0543 e. The fourth-order valence-corrected chi connectivity index (χ4v) is 1.43. The van der Waals surface area contributed by atoms with Crippen molar-refractivity contribution in [2.45, 2.75) is 53.1 Å². The largest absolute Gasteiger partial charge is 0.312 e. The van der Waals surface area contributed by atoms with Crippen LogP contribution < -0.4 is 5.32 Å². The summed E-state index contributed by atoms with van der Waals surface area (Å²) >= 11 is 0. The molecular formula is C13H25N3. The summed E-state index contributed by atoms with van der Waals surface area (Å²) in [5, 5.41) is 7.85. The summed E-state index contributed by atoms with van der Waals surface area (Å²) in [5.74, 6) is 0.748. The highest BCUT2D eigenvalue weighted by Gasteiger charge is 2.13. The first kappa shape index (κ1) is 13.2. The van der Waals surface area contributed by atoms with Gasteiger partial charge < -0.3 is 5.32 Å². The van der Waals surface area contributed by atoms with E-state index in [2.05, 4.69) is 51.2 Å². The molecule has 1 aromatic heterocycles. The predicted octanol–water partition coefficient (Wildman–Crippen LogP) is 2.77. The van der Waals surface area contributed by atoms with E-state index in [0.717, 1.165) is 19.0 Å². The fraction of sp³-hybridized carbons (Fsp3) is 0.769. The molecule has 92 valence electrons. The Bertz CT molecular complexity index is 309. The van der Waals surface area contributed by atoms with Crippen LogP contribution in [-0.4, -0.2) is 16.3 Å². The fourth-order valence-electron chi connectivity index (χ4n) is 1.43. The summed E-state index contributed by atoms with van der Waals surface area (Å²) in [6.45, 7) is 13.0. The average Bonchev–Trinajstić information content (AvgIpc) is 2.65. The molecular weight excluding hydrogens is 198 g/mol. The van der Waals surface area contributed by atoms with Gasteiger partial charge in [-0.15, -0.1) is 0 Å². The third-order valence-corrected chi connectivity index (χ3v) is 2.84. The molecule has 0 aliphatic rings. The minimum Gasteiger partial charge on any atom is -0.312 e. The molecule has 3 nitrogen and oxygen atoms in total. The molecule has 0 aliphatic carbocycles. The molecule has 16 heavy (non-hydrogen) atoms. The lowest BCUT2D eigenvalue weighted by molar-refractivity contribution is 0.355. The van der Waals surface area contributed by atoms with Crippen LogP contribution in [0.3, 0.4) is 0 Å². The SMILES string of the molecule is CCC(C)CNCc1cnn(C(C)(C)C)c1. The lowest BCUT2D eigenvalue weighted by atomic mass is 10.1. The molecule has 1 heterocycles. The zero-order valence-corrected chi connectivity index (χ0v) is 11.2. The van der Waals surface area contributed by atoms with E-state index in [1.807, 2.05) is 10.9 Å². The minimum atomic E-state index is 0.0783. The highest BCUT2D eigenvalue weighted by molar-refractivity contribution is 5.04. The summed E-state index contributed by atoms with van der Waals surface area (Å²) < 4.78 is 2.02.